The van der Waals surface area contributed by atoms with Crippen molar-refractivity contribution in [3.05, 3.63) is 70.9 Å². The standard InChI is InChI=1S/C23H23ClN8O/c1-2-3-6-19-26-22(24)17(14-33)32(19)13-15-8-10-16(11-9-15)20-21(23-27-29-30-28-23)31-12-5-4-7-18(31)25-20/h4-5,7-12,33H,2-3,6,13-14H2,1H3,(H,27,28,29,30). The van der Waals surface area contributed by atoms with Crippen LogP contribution in [0.15, 0.2) is 48.7 Å². The first-order valence-corrected chi connectivity index (χ1v) is 11.2. The number of aromatic amines is 1. The van der Waals surface area contributed by atoms with Gasteiger partial charge in [0, 0.05) is 24.7 Å². The van der Waals surface area contributed by atoms with Crippen molar-refractivity contribution in [3.63, 3.8) is 0 Å². The highest BCUT2D eigenvalue weighted by molar-refractivity contribution is 6.30. The maximum absolute atomic E-state index is 9.82. The number of aliphatic hydroxyl groups excluding tert-OH is 1. The number of aromatic nitrogens is 8. The summed E-state index contributed by atoms with van der Waals surface area (Å²) >= 11 is 6.28. The monoisotopic (exact) mass is 462 g/mol. The highest BCUT2D eigenvalue weighted by Gasteiger charge is 2.19. The number of rotatable bonds is 8. The molecule has 0 spiro atoms. The first-order valence-electron chi connectivity index (χ1n) is 10.8. The molecule has 0 unspecified atom stereocenters. The number of nitrogens with one attached hydrogen (secondary N) is 1. The lowest BCUT2D eigenvalue weighted by Crippen LogP contribution is -2.09. The Hall–Kier alpha value is -3.56. The van der Waals surface area contributed by atoms with Gasteiger partial charge in [-0.2, -0.15) is 5.21 Å². The van der Waals surface area contributed by atoms with Crippen LogP contribution in [0.25, 0.3) is 28.4 Å². The summed E-state index contributed by atoms with van der Waals surface area (Å²) in [5.74, 6) is 1.38. The lowest BCUT2D eigenvalue weighted by molar-refractivity contribution is 0.271. The number of H-pyrrole nitrogens is 1. The van der Waals surface area contributed by atoms with Crippen LogP contribution < -0.4 is 0 Å². The molecule has 0 aliphatic carbocycles. The van der Waals surface area contributed by atoms with E-state index in [9.17, 15) is 5.11 Å². The molecule has 168 valence electrons. The zero-order valence-corrected chi connectivity index (χ0v) is 18.9. The summed E-state index contributed by atoms with van der Waals surface area (Å²) in [6, 6.07) is 14.0. The molecule has 0 saturated carbocycles. The Morgan fingerprint density at radius 3 is 2.67 bits per heavy atom. The molecule has 0 amide bonds. The molecule has 4 heterocycles. The normalized spacial score (nSPS) is 11.5. The van der Waals surface area contributed by atoms with Crippen LogP contribution in [-0.4, -0.2) is 44.7 Å². The fourth-order valence-electron chi connectivity index (χ4n) is 3.99. The van der Waals surface area contributed by atoms with Gasteiger partial charge in [0.1, 0.15) is 22.9 Å². The van der Waals surface area contributed by atoms with Gasteiger partial charge in [-0.3, -0.25) is 4.40 Å². The number of pyridine rings is 1. The van der Waals surface area contributed by atoms with Crippen LogP contribution >= 0.6 is 11.6 Å². The molecule has 2 N–H and O–H groups in total. The molecule has 5 aromatic rings. The van der Waals surface area contributed by atoms with Gasteiger partial charge in [0.25, 0.3) is 0 Å². The van der Waals surface area contributed by atoms with Gasteiger partial charge >= 0.3 is 0 Å². The molecule has 0 radical (unpaired) electrons. The van der Waals surface area contributed by atoms with Crippen molar-refractivity contribution in [2.24, 2.45) is 0 Å². The van der Waals surface area contributed by atoms with Crippen LogP contribution in [0, 0.1) is 0 Å². The second-order valence-electron chi connectivity index (χ2n) is 7.78. The van der Waals surface area contributed by atoms with Crippen LogP contribution in [0.4, 0.5) is 0 Å². The number of tetrazole rings is 1. The first-order chi connectivity index (χ1) is 16.2. The summed E-state index contributed by atoms with van der Waals surface area (Å²) < 4.78 is 3.97. The Morgan fingerprint density at radius 2 is 1.94 bits per heavy atom. The van der Waals surface area contributed by atoms with E-state index in [1.165, 1.54) is 0 Å². The summed E-state index contributed by atoms with van der Waals surface area (Å²) in [6.45, 7) is 2.58. The van der Waals surface area contributed by atoms with Crippen LogP contribution in [0.3, 0.4) is 0 Å². The number of aryl methyl sites for hydroxylation is 1. The van der Waals surface area contributed by atoms with Crippen LogP contribution in [0.1, 0.15) is 36.8 Å². The summed E-state index contributed by atoms with van der Waals surface area (Å²) in [7, 11) is 0. The average molecular weight is 463 g/mol. The molecule has 0 bridgehead atoms. The van der Waals surface area contributed by atoms with E-state index >= 15 is 0 Å². The lowest BCUT2D eigenvalue weighted by atomic mass is 10.1. The molecular formula is C23H23ClN8O. The maximum Gasteiger partial charge on any atom is 0.223 e. The zero-order valence-electron chi connectivity index (χ0n) is 18.1. The average Bonchev–Trinajstić information content (AvgIpc) is 3.55. The molecule has 33 heavy (non-hydrogen) atoms. The minimum absolute atomic E-state index is 0.147. The van der Waals surface area contributed by atoms with Gasteiger partial charge in [-0.25, -0.2) is 9.97 Å². The van der Waals surface area contributed by atoms with Gasteiger partial charge in [-0.1, -0.05) is 55.3 Å². The largest absolute Gasteiger partial charge is 0.390 e. The van der Waals surface area contributed by atoms with E-state index in [4.69, 9.17) is 16.6 Å². The van der Waals surface area contributed by atoms with Crippen molar-refractivity contribution in [2.45, 2.75) is 39.3 Å². The molecule has 1 aromatic carbocycles. The van der Waals surface area contributed by atoms with Crippen molar-refractivity contribution in [2.75, 3.05) is 0 Å². The minimum atomic E-state index is -0.147. The summed E-state index contributed by atoms with van der Waals surface area (Å²) in [4.78, 5) is 9.28. The first kappa shape index (κ1) is 21.3. The number of hydrogen-bond acceptors (Lipinski definition) is 6. The van der Waals surface area contributed by atoms with Gasteiger partial charge < -0.3 is 9.67 Å². The highest BCUT2D eigenvalue weighted by atomic mass is 35.5. The Labute approximate surface area is 195 Å². The predicted octanol–water partition coefficient (Wildman–Crippen LogP) is 3.91. The minimum Gasteiger partial charge on any atom is -0.390 e. The quantitative estimate of drug-likeness (QED) is 0.361. The Bertz CT molecular complexity index is 1370. The van der Waals surface area contributed by atoms with E-state index in [-0.39, 0.29) is 6.61 Å². The molecule has 0 aliphatic heterocycles. The van der Waals surface area contributed by atoms with Crippen LogP contribution in [-0.2, 0) is 19.6 Å². The summed E-state index contributed by atoms with van der Waals surface area (Å²) in [5, 5.41) is 24.8. The third kappa shape index (κ3) is 4.01. The number of aliphatic hydroxyl groups is 1. The molecule has 10 heteroatoms. The van der Waals surface area contributed by atoms with Crippen LogP contribution in [0.5, 0.6) is 0 Å². The molecule has 0 atom stereocenters. The van der Waals surface area contributed by atoms with Gasteiger partial charge in [0.15, 0.2) is 5.15 Å². The summed E-state index contributed by atoms with van der Waals surface area (Å²) in [6.07, 6.45) is 4.84. The zero-order chi connectivity index (χ0) is 22.8. The SMILES string of the molecule is CCCCc1nc(Cl)c(CO)n1Cc1ccc(-c2nc3ccccn3c2-c2nn[nH]n2)cc1. The number of unbranched alkanes of at least 4 members (excludes halogenated alkanes) is 1. The summed E-state index contributed by atoms with van der Waals surface area (Å²) in [5.41, 5.74) is 5.02. The fourth-order valence-corrected chi connectivity index (χ4v) is 4.25. The lowest BCUT2D eigenvalue weighted by Gasteiger charge is -2.11. The highest BCUT2D eigenvalue weighted by Crippen LogP contribution is 2.31. The number of fused-ring (bicyclic) bond motifs is 1. The molecule has 0 fully saturated rings. The molecule has 9 nitrogen and oxygen atoms in total. The van der Waals surface area contributed by atoms with Crippen molar-refractivity contribution < 1.29 is 5.11 Å². The van der Waals surface area contributed by atoms with Crippen molar-refractivity contribution in [3.8, 4) is 22.8 Å². The Kier molecular flexibility index (Phi) is 5.89. The second kappa shape index (κ2) is 9.13. The molecule has 0 aliphatic rings. The van der Waals surface area contributed by atoms with E-state index in [1.807, 2.05) is 45.5 Å². The van der Waals surface area contributed by atoms with E-state index < -0.39 is 0 Å². The smallest absolute Gasteiger partial charge is 0.223 e. The van der Waals surface area contributed by atoms with E-state index in [0.717, 1.165) is 53.2 Å². The van der Waals surface area contributed by atoms with Crippen molar-refractivity contribution in [1.29, 1.82) is 0 Å². The topological polar surface area (TPSA) is 110 Å². The third-order valence-electron chi connectivity index (χ3n) is 5.66. The molecule has 0 saturated heterocycles. The third-order valence-corrected chi connectivity index (χ3v) is 5.96. The van der Waals surface area contributed by atoms with Crippen LogP contribution in [0.2, 0.25) is 5.15 Å². The molecular weight excluding hydrogens is 440 g/mol. The number of halogens is 1. The van der Waals surface area contributed by atoms with E-state index in [2.05, 4.69) is 44.7 Å². The fraction of sp³-hybridized carbons (Fsp3) is 0.261. The Balaban J connectivity index is 1.50. The number of imidazole rings is 2. The number of benzene rings is 1. The van der Waals surface area contributed by atoms with Gasteiger partial charge in [-0.05, 0) is 29.3 Å². The van der Waals surface area contributed by atoms with E-state index in [1.54, 1.807) is 0 Å². The molecule has 5 rings (SSSR count). The van der Waals surface area contributed by atoms with Gasteiger partial charge in [0.2, 0.25) is 5.82 Å². The molecule has 4 aromatic heterocycles. The second-order valence-corrected chi connectivity index (χ2v) is 8.14. The Morgan fingerprint density at radius 1 is 1.09 bits per heavy atom. The number of hydrogen-bond donors (Lipinski definition) is 2. The van der Waals surface area contributed by atoms with E-state index in [0.29, 0.717) is 23.2 Å². The van der Waals surface area contributed by atoms with Gasteiger partial charge in [-0.15, -0.1) is 10.2 Å². The maximum atomic E-state index is 9.82. The van der Waals surface area contributed by atoms with Crippen molar-refractivity contribution >= 4 is 17.2 Å². The van der Waals surface area contributed by atoms with Gasteiger partial charge in [0.05, 0.1) is 12.3 Å². The number of nitrogens with zero attached hydrogens (tertiary/aromatic N) is 7. The predicted molar refractivity (Wildman–Crippen MR) is 125 cm³/mol. The van der Waals surface area contributed by atoms with Crippen molar-refractivity contribution in [1.82, 2.24) is 39.6 Å².